The summed E-state index contributed by atoms with van der Waals surface area (Å²) in [7, 11) is 1.68. The fourth-order valence-corrected chi connectivity index (χ4v) is 4.29. The van der Waals surface area contributed by atoms with Crippen LogP contribution in [0.25, 0.3) is 11.1 Å². The molecule has 1 heterocycles. The van der Waals surface area contributed by atoms with Crippen molar-refractivity contribution in [3.8, 4) is 16.9 Å². The van der Waals surface area contributed by atoms with Crippen LogP contribution in [0, 0.1) is 0 Å². The number of carbonyl (C=O) groups is 1. The first-order valence-corrected chi connectivity index (χ1v) is 11.4. The Bertz CT molecular complexity index is 866. The van der Waals surface area contributed by atoms with Crippen molar-refractivity contribution in [3.05, 3.63) is 53.1 Å². The molecule has 168 valence electrons. The molecule has 1 saturated heterocycles. The number of nitrogens with zero attached hydrogens (tertiary/aromatic N) is 1. The van der Waals surface area contributed by atoms with Crippen molar-refractivity contribution in [2.45, 2.75) is 45.2 Å². The maximum atomic E-state index is 13.5. The predicted octanol–water partition coefficient (Wildman–Crippen LogP) is 5.02. The van der Waals surface area contributed by atoms with Gasteiger partial charge >= 0.3 is 0 Å². The Kier molecular flexibility index (Phi) is 8.76. The number of benzene rings is 2. The van der Waals surface area contributed by atoms with Gasteiger partial charge in [-0.3, -0.25) is 4.79 Å². The lowest BCUT2D eigenvalue weighted by Gasteiger charge is -2.37. The van der Waals surface area contributed by atoms with E-state index in [0.717, 1.165) is 43.5 Å². The number of piperidine rings is 1. The maximum Gasteiger partial charge on any atom is 0.254 e. The van der Waals surface area contributed by atoms with E-state index in [1.54, 1.807) is 7.11 Å². The molecule has 1 unspecified atom stereocenters. The van der Waals surface area contributed by atoms with Crippen molar-refractivity contribution in [1.29, 1.82) is 0 Å². The molecule has 0 saturated carbocycles. The molecule has 1 fully saturated rings. The monoisotopic (exact) mass is 444 g/mol. The van der Waals surface area contributed by atoms with Crippen molar-refractivity contribution in [3.63, 3.8) is 0 Å². The molecule has 0 aliphatic carbocycles. The van der Waals surface area contributed by atoms with E-state index in [1.165, 1.54) is 0 Å². The molecule has 0 spiro atoms. The van der Waals surface area contributed by atoms with Crippen LogP contribution in [-0.4, -0.2) is 56.3 Å². The Hall–Kier alpha value is -2.08. The molecule has 1 amide bonds. The average Bonchev–Trinajstić information content (AvgIpc) is 2.77. The lowest BCUT2D eigenvalue weighted by molar-refractivity contribution is 0.0573. The fraction of sp³-hybridized carbons (Fsp3) is 0.480. The van der Waals surface area contributed by atoms with Crippen LogP contribution in [0.2, 0.25) is 5.02 Å². The summed E-state index contributed by atoms with van der Waals surface area (Å²) in [5.74, 6) is 0.734. The number of amides is 1. The van der Waals surface area contributed by atoms with E-state index in [1.807, 2.05) is 47.4 Å². The number of ether oxygens (including phenoxy) is 2. The highest BCUT2D eigenvalue weighted by molar-refractivity contribution is 6.30. The topological polar surface area (TPSA) is 50.8 Å². The van der Waals surface area contributed by atoms with E-state index in [0.29, 0.717) is 29.5 Å². The molecule has 1 N–H and O–H groups in total. The Morgan fingerprint density at radius 2 is 2.06 bits per heavy atom. The highest BCUT2D eigenvalue weighted by atomic mass is 35.5. The van der Waals surface area contributed by atoms with Crippen LogP contribution in [0.3, 0.4) is 0 Å². The zero-order chi connectivity index (χ0) is 22.2. The zero-order valence-corrected chi connectivity index (χ0v) is 19.5. The Morgan fingerprint density at radius 1 is 1.23 bits per heavy atom. The second-order valence-electron chi connectivity index (χ2n) is 8.22. The van der Waals surface area contributed by atoms with Crippen LogP contribution in [0.5, 0.6) is 5.75 Å². The number of carbonyl (C=O) groups excluding carboxylic acids is 1. The van der Waals surface area contributed by atoms with Gasteiger partial charge in [0.15, 0.2) is 0 Å². The molecular formula is C25H33ClN2O3. The molecule has 2 aromatic rings. The standard InChI is InChI=1S/C25H33ClN2O3/c1-18(2)28(22-9-5-12-27-17-22)25(29)20-10-11-23(19-7-4-8-21(26)15-19)24(16-20)31-14-6-13-30-3/h4,7-8,10-11,15-16,18,22,27H,5-6,9,12-14,17H2,1-3H3. The summed E-state index contributed by atoms with van der Waals surface area (Å²) < 4.78 is 11.2. The van der Waals surface area contributed by atoms with E-state index in [4.69, 9.17) is 21.1 Å². The summed E-state index contributed by atoms with van der Waals surface area (Å²) in [6.45, 7) is 7.15. The quantitative estimate of drug-likeness (QED) is 0.551. The third-order valence-electron chi connectivity index (χ3n) is 5.57. The summed E-state index contributed by atoms with van der Waals surface area (Å²) in [6.07, 6.45) is 2.89. The summed E-state index contributed by atoms with van der Waals surface area (Å²) in [6, 6.07) is 13.7. The summed E-state index contributed by atoms with van der Waals surface area (Å²) in [4.78, 5) is 15.5. The molecule has 0 bridgehead atoms. The molecule has 1 aliphatic rings. The zero-order valence-electron chi connectivity index (χ0n) is 18.7. The van der Waals surface area contributed by atoms with Crippen LogP contribution in [0.4, 0.5) is 0 Å². The van der Waals surface area contributed by atoms with Crippen LogP contribution in [0.1, 0.15) is 43.5 Å². The SMILES string of the molecule is COCCCOc1cc(C(=O)N(C(C)C)C2CCCNC2)ccc1-c1cccc(Cl)c1. The van der Waals surface area contributed by atoms with Crippen molar-refractivity contribution < 1.29 is 14.3 Å². The smallest absolute Gasteiger partial charge is 0.254 e. The van der Waals surface area contributed by atoms with Gasteiger partial charge in [-0.05, 0) is 69.1 Å². The Morgan fingerprint density at radius 3 is 2.74 bits per heavy atom. The molecule has 6 heteroatoms. The molecular weight excluding hydrogens is 412 g/mol. The van der Waals surface area contributed by atoms with Gasteiger partial charge in [0.1, 0.15) is 5.75 Å². The summed E-state index contributed by atoms with van der Waals surface area (Å²) in [5.41, 5.74) is 2.53. The Balaban J connectivity index is 1.91. The maximum absolute atomic E-state index is 13.5. The largest absolute Gasteiger partial charge is 0.493 e. The highest BCUT2D eigenvalue weighted by Crippen LogP contribution is 2.33. The van der Waals surface area contributed by atoms with Crippen molar-refractivity contribution in [2.75, 3.05) is 33.4 Å². The average molecular weight is 445 g/mol. The lowest BCUT2D eigenvalue weighted by atomic mass is 9.99. The van der Waals surface area contributed by atoms with Gasteiger partial charge in [-0.1, -0.05) is 23.7 Å². The third kappa shape index (κ3) is 6.22. The van der Waals surface area contributed by atoms with Crippen molar-refractivity contribution in [1.82, 2.24) is 10.2 Å². The van der Waals surface area contributed by atoms with Gasteiger partial charge in [-0.2, -0.15) is 0 Å². The molecule has 0 aromatic heterocycles. The van der Waals surface area contributed by atoms with Crippen LogP contribution < -0.4 is 10.1 Å². The number of methoxy groups -OCH3 is 1. The van der Waals surface area contributed by atoms with E-state index >= 15 is 0 Å². The van der Waals surface area contributed by atoms with Gasteiger partial charge in [0, 0.05) is 54.9 Å². The molecule has 2 aromatic carbocycles. The third-order valence-corrected chi connectivity index (χ3v) is 5.80. The van der Waals surface area contributed by atoms with Crippen molar-refractivity contribution >= 4 is 17.5 Å². The molecule has 3 rings (SSSR count). The normalized spacial score (nSPS) is 16.4. The van der Waals surface area contributed by atoms with Crippen LogP contribution in [0.15, 0.2) is 42.5 Å². The minimum Gasteiger partial charge on any atom is -0.493 e. The van der Waals surface area contributed by atoms with Crippen molar-refractivity contribution in [2.24, 2.45) is 0 Å². The Labute approximate surface area is 190 Å². The van der Waals surface area contributed by atoms with Gasteiger partial charge in [-0.25, -0.2) is 0 Å². The number of rotatable bonds is 9. The van der Waals surface area contributed by atoms with E-state index < -0.39 is 0 Å². The highest BCUT2D eigenvalue weighted by Gasteiger charge is 2.29. The fourth-order valence-electron chi connectivity index (χ4n) is 4.10. The molecule has 1 aliphatic heterocycles. The first-order valence-electron chi connectivity index (χ1n) is 11.1. The van der Waals surface area contributed by atoms with E-state index in [9.17, 15) is 4.79 Å². The number of hydrogen-bond acceptors (Lipinski definition) is 4. The van der Waals surface area contributed by atoms with Crippen LogP contribution >= 0.6 is 11.6 Å². The first-order chi connectivity index (χ1) is 15.0. The molecule has 5 nitrogen and oxygen atoms in total. The number of halogens is 1. The van der Waals surface area contributed by atoms with Gasteiger partial charge < -0.3 is 19.7 Å². The summed E-state index contributed by atoms with van der Waals surface area (Å²) in [5, 5.41) is 4.09. The number of nitrogens with one attached hydrogen (secondary N) is 1. The second kappa shape index (κ2) is 11.5. The van der Waals surface area contributed by atoms with E-state index in [-0.39, 0.29) is 18.0 Å². The molecule has 0 radical (unpaired) electrons. The van der Waals surface area contributed by atoms with Gasteiger partial charge in [-0.15, -0.1) is 0 Å². The van der Waals surface area contributed by atoms with Gasteiger partial charge in [0.2, 0.25) is 0 Å². The second-order valence-corrected chi connectivity index (χ2v) is 8.66. The number of hydrogen-bond donors (Lipinski definition) is 1. The predicted molar refractivity (Wildman–Crippen MR) is 126 cm³/mol. The van der Waals surface area contributed by atoms with Crippen LogP contribution in [-0.2, 0) is 4.74 Å². The van der Waals surface area contributed by atoms with Gasteiger partial charge in [0.05, 0.1) is 6.61 Å². The molecule has 1 atom stereocenters. The molecule has 31 heavy (non-hydrogen) atoms. The lowest BCUT2D eigenvalue weighted by Crippen LogP contribution is -2.51. The van der Waals surface area contributed by atoms with E-state index in [2.05, 4.69) is 19.2 Å². The first kappa shape index (κ1) is 23.6. The van der Waals surface area contributed by atoms with Gasteiger partial charge in [0.25, 0.3) is 5.91 Å². The minimum atomic E-state index is 0.0445. The summed E-state index contributed by atoms with van der Waals surface area (Å²) >= 11 is 6.21. The minimum absolute atomic E-state index is 0.0445.